The Balaban J connectivity index is 2.16. The first-order valence-corrected chi connectivity index (χ1v) is 9.00. The number of carbonyl (C=O) groups excluding carboxylic acids is 1. The topological polar surface area (TPSA) is 35.5 Å². The first kappa shape index (κ1) is 18.6. The van der Waals surface area contributed by atoms with E-state index in [2.05, 4.69) is 6.92 Å². The second-order valence-corrected chi connectivity index (χ2v) is 6.19. The molecule has 3 heteroatoms. The first-order chi connectivity index (χ1) is 10.2. The van der Waals surface area contributed by atoms with Crippen LogP contribution in [0.5, 0.6) is 0 Å². The maximum absolute atomic E-state index is 12.5. The second-order valence-electron chi connectivity index (χ2n) is 6.19. The molecule has 0 spiro atoms. The molecule has 1 aliphatic heterocycles. The predicted octanol–water partition coefficient (Wildman–Crippen LogP) is 4.67. The van der Waals surface area contributed by atoms with Gasteiger partial charge in [-0.2, -0.15) is 0 Å². The van der Waals surface area contributed by atoms with Crippen molar-refractivity contribution >= 4 is 5.78 Å². The van der Waals surface area contributed by atoms with Crippen LogP contribution in [-0.4, -0.2) is 31.2 Å². The predicted molar refractivity (Wildman–Crippen MR) is 86.6 cm³/mol. The van der Waals surface area contributed by atoms with Crippen molar-refractivity contribution in [1.29, 1.82) is 0 Å². The summed E-state index contributed by atoms with van der Waals surface area (Å²) in [7, 11) is 0. The Morgan fingerprint density at radius 1 is 0.952 bits per heavy atom. The number of hydrogen-bond acceptors (Lipinski definition) is 3. The molecule has 0 aromatic rings. The van der Waals surface area contributed by atoms with Crippen LogP contribution >= 0.6 is 0 Å². The highest BCUT2D eigenvalue weighted by molar-refractivity contribution is 5.87. The zero-order valence-electron chi connectivity index (χ0n) is 14.1. The molecule has 0 bridgehead atoms. The van der Waals surface area contributed by atoms with Gasteiger partial charge in [-0.05, 0) is 13.3 Å². The molecule has 0 aliphatic carbocycles. The molecule has 3 nitrogen and oxygen atoms in total. The summed E-state index contributed by atoms with van der Waals surface area (Å²) in [5, 5.41) is 0. The maximum Gasteiger partial charge on any atom is 0.164 e. The van der Waals surface area contributed by atoms with Crippen molar-refractivity contribution in [2.45, 2.75) is 90.1 Å². The highest BCUT2D eigenvalue weighted by Gasteiger charge is 2.39. The summed E-state index contributed by atoms with van der Waals surface area (Å²) in [4.78, 5) is 12.5. The SMILES string of the molecule is CCCCCCCCCCC(=O)C1(OCC)CCOCC1. The lowest BCUT2D eigenvalue weighted by molar-refractivity contribution is -0.157. The lowest BCUT2D eigenvalue weighted by atomic mass is 9.86. The molecule has 0 aromatic heterocycles. The third kappa shape index (κ3) is 6.92. The van der Waals surface area contributed by atoms with Gasteiger partial charge >= 0.3 is 0 Å². The van der Waals surface area contributed by atoms with Gasteiger partial charge in [0.2, 0.25) is 0 Å². The van der Waals surface area contributed by atoms with Crippen LogP contribution in [0.2, 0.25) is 0 Å². The number of ketones is 1. The van der Waals surface area contributed by atoms with Crippen LogP contribution in [0.4, 0.5) is 0 Å². The monoisotopic (exact) mass is 298 g/mol. The van der Waals surface area contributed by atoms with Crippen molar-refractivity contribution in [3.63, 3.8) is 0 Å². The van der Waals surface area contributed by atoms with Gasteiger partial charge in [-0.15, -0.1) is 0 Å². The minimum atomic E-state index is -0.534. The Bertz CT molecular complexity index is 264. The Morgan fingerprint density at radius 2 is 1.52 bits per heavy atom. The van der Waals surface area contributed by atoms with Gasteiger partial charge in [0.05, 0.1) is 0 Å². The average molecular weight is 298 g/mol. The number of hydrogen-bond donors (Lipinski definition) is 0. The van der Waals surface area contributed by atoms with Crippen LogP contribution in [0.1, 0.15) is 84.5 Å². The van der Waals surface area contributed by atoms with Crippen LogP contribution < -0.4 is 0 Å². The van der Waals surface area contributed by atoms with E-state index in [9.17, 15) is 4.79 Å². The largest absolute Gasteiger partial charge is 0.381 e. The summed E-state index contributed by atoms with van der Waals surface area (Å²) >= 11 is 0. The first-order valence-electron chi connectivity index (χ1n) is 9.00. The highest BCUT2D eigenvalue weighted by atomic mass is 16.5. The number of carbonyl (C=O) groups is 1. The fourth-order valence-corrected chi connectivity index (χ4v) is 3.13. The normalized spacial score (nSPS) is 17.8. The standard InChI is InChI=1S/C18H34O3/c1-3-5-6-7-8-9-10-11-12-17(19)18(21-4-2)13-15-20-16-14-18/h3-16H2,1-2H3. The average Bonchev–Trinajstić information content (AvgIpc) is 2.51. The van der Waals surface area contributed by atoms with Gasteiger partial charge in [-0.1, -0.05) is 51.9 Å². The Labute approximate surface area is 130 Å². The molecule has 1 fully saturated rings. The molecule has 0 unspecified atom stereocenters. The van der Waals surface area contributed by atoms with Crippen LogP contribution in [0.3, 0.4) is 0 Å². The number of Topliss-reactive ketones (excluding diaryl/α,β-unsaturated/α-hetero) is 1. The van der Waals surface area contributed by atoms with Crippen molar-refractivity contribution in [3.8, 4) is 0 Å². The lowest BCUT2D eigenvalue weighted by Crippen LogP contribution is -2.46. The lowest BCUT2D eigenvalue weighted by Gasteiger charge is -2.35. The summed E-state index contributed by atoms with van der Waals surface area (Å²) < 4.78 is 11.2. The Kier molecular flexibility index (Phi) is 9.94. The summed E-state index contributed by atoms with van der Waals surface area (Å²) in [6, 6.07) is 0. The third-order valence-corrected chi connectivity index (χ3v) is 4.49. The molecule has 1 rings (SSSR count). The van der Waals surface area contributed by atoms with Gasteiger partial charge in [0.25, 0.3) is 0 Å². The van der Waals surface area contributed by atoms with E-state index < -0.39 is 5.60 Å². The molecule has 0 N–H and O–H groups in total. The van der Waals surface area contributed by atoms with Crippen molar-refractivity contribution in [3.05, 3.63) is 0 Å². The minimum Gasteiger partial charge on any atom is -0.381 e. The van der Waals surface area contributed by atoms with Crippen molar-refractivity contribution in [2.75, 3.05) is 19.8 Å². The number of unbranched alkanes of at least 4 members (excludes halogenated alkanes) is 7. The zero-order valence-corrected chi connectivity index (χ0v) is 14.1. The second kappa shape index (κ2) is 11.2. The van der Waals surface area contributed by atoms with E-state index >= 15 is 0 Å². The maximum atomic E-state index is 12.5. The van der Waals surface area contributed by atoms with Crippen LogP contribution in [-0.2, 0) is 14.3 Å². The fraction of sp³-hybridized carbons (Fsp3) is 0.944. The molecule has 1 heterocycles. The molecule has 0 amide bonds. The van der Waals surface area contributed by atoms with E-state index in [1.165, 1.54) is 44.9 Å². The number of rotatable bonds is 12. The van der Waals surface area contributed by atoms with Gasteiger partial charge in [0.1, 0.15) is 5.60 Å². The smallest absolute Gasteiger partial charge is 0.164 e. The van der Waals surface area contributed by atoms with Crippen LogP contribution in [0, 0.1) is 0 Å². The Hall–Kier alpha value is -0.410. The molecule has 124 valence electrons. The Morgan fingerprint density at radius 3 is 2.10 bits per heavy atom. The van der Waals surface area contributed by atoms with Crippen molar-refractivity contribution < 1.29 is 14.3 Å². The molecule has 0 radical (unpaired) electrons. The van der Waals surface area contributed by atoms with Crippen LogP contribution in [0.15, 0.2) is 0 Å². The van der Waals surface area contributed by atoms with E-state index in [0.717, 1.165) is 19.3 Å². The van der Waals surface area contributed by atoms with Gasteiger partial charge in [-0.25, -0.2) is 0 Å². The molecule has 0 aromatic carbocycles. The number of ether oxygens (including phenoxy) is 2. The molecular formula is C18H34O3. The molecular weight excluding hydrogens is 264 g/mol. The molecule has 1 aliphatic rings. The summed E-state index contributed by atoms with van der Waals surface area (Å²) in [5.74, 6) is 0.304. The molecule has 0 atom stereocenters. The molecule has 0 saturated carbocycles. The zero-order chi connectivity index (χ0) is 15.4. The van der Waals surface area contributed by atoms with E-state index in [4.69, 9.17) is 9.47 Å². The quantitative estimate of drug-likeness (QED) is 0.491. The van der Waals surface area contributed by atoms with E-state index in [1.807, 2.05) is 6.92 Å². The van der Waals surface area contributed by atoms with E-state index in [-0.39, 0.29) is 0 Å². The molecule has 21 heavy (non-hydrogen) atoms. The molecule has 1 saturated heterocycles. The van der Waals surface area contributed by atoms with Gasteiger partial charge in [0.15, 0.2) is 5.78 Å². The summed E-state index contributed by atoms with van der Waals surface area (Å²) in [6.45, 7) is 6.15. The van der Waals surface area contributed by atoms with Gasteiger partial charge in [0, 0.05) is 39.1 Å². The fourth-order valence-electron chi connectivity index (χ4n) is 3.13. The van der Waals surface area contributed by atoms with Gasteiger partial charge in [-0.3, -0.25) is 4.79 Å². The minimum absolute atomic E-state index is 0.304. The summed E-state index contributed by atoms with van der Waals surface area (Å²) in [6.07, 6.45) is 12.3. The van der Waals surface area contributed by atoms with Crippen LogP contribution in [0.25, 0.3) is 0 Å². The van der Waals surface area contributed by atoms with Crippen molar-refractivity contribution in [1.82, 2.24) is 0 Å². The van der Waals surface area contributed by atoms with Gasteiger partial charge < -0.3 is 9.47 Å². The van der Waals surface area contributed by atoms with E-state index in [0.29, 0.717) is 32.0 Å². The summed E-state index contributed by atoms with van der Waals surface area (Å²) in [5.41, 5.74) is -0.534. The highest BCUT2D eigenvalue weighted by Crippen LogP contribution is 2.28. The van der Waals surface area contributed by atoms with Crippen molar-refractivity contribution in [2.24, 2.45) is 0 Å². The van der Waals surface area contributed by atoms with E-state index in [1.54, 1.807) is 0 Å². The third-order valence-electron chi connectivity index (χ3n) is 4.49.